The largest absolute Gasteiger partial charge is 0.497 e. The Bertz CT molecular complexity index is 654. The summed E-state index contributed by atoms with van der Waals surface area (Å²) >= 11 is 0. The quantitative estimate of drug-likeness (QED) is 0.936. The highest BCUT2D eigenvalue weighted by molar-refractivity contribution is 5.60. The molecule has 0 spiro atoms. The van der Waals surface area contributed by atoms with Gasteiger partial charge in [-0.1, -0.05) is 6.07 Å². The van der Waals surface area contributed by atoms with Gasteiger partial charge in [0.1, 0.15) is 23.4 Å². The molecule has 0 radical (unpaired) electrons. The highest BCUT2D eigenvalue weighted by Crippen LogP contribution is 2.38. The Hall–Kier alpha value is -2.36. The number of methoxy groups -OCH3 is 2. The van der Waals surface area contributed by atoms with Crippen LogP contribution in [0.5, 0.6) is 17.2 Å². The van der Waals surface area contributed by atoms with Crippen LogP contribution in [0, 0.1) is 6.92 Å². The van der Waals surface area contributed by atoms with Gasteiger partial charge < -0.3 is 19.5 Å². The molecule has 1 N–H and O–H groups in total. The Morgan fingerprint density at radius 2 is 1.95 bits per heavy atom. The van der Waals surface area contributed by atoms with Gasteiger partial charge >= 0.3 is 0 Å². The van der Waals surface area contributed by atoms with Gasteiger partial charge in [0.25, 0.3) is 0 Å². The lowest BCUT2D eigenvalue weighted by atomic mass is 10.1. The zero-order valence-electron chi connectivity index (χ0n) is 12.5. The molecule has 0 saturated carbocycles. The lowest BCUT2D eigenvalue weighted by Gasteiger charge is -2.29. The summed E-state index contributed by atoms with van der Waals surface area (Å²) in [6, 6.07) is 11.9. The van der Waals surface area contributed by atoms with Gasteiger partial charge in [0.15, 0.2) is 0 Å². The van der Waals surface area contributed by atoms with Crippen LogP contribution in [0.25, 0.3) is 0 Å². The number of ether oxygens (including phenoxy) is 3. The summed E-state index contributed by atoms with van der Waals surface area (Å²) in [6.07, 6.45) is -0.0823. The maximum Gasteiger partial charge on any atom is 0.145 e. The van der Waals surface area contributed by atoms with Crippen LogP contribution >= 0.6 is 0 Å². The van der Waals surface area contributed by atoms with Gasteiger partial charge in [-0.25, -0.2) is 0 Å². The van der Waals surface area contributed by atoms with Crippen LogP contribution in [0.4, 0.5) is 5.69 Å². The fraction of sp³-hybridized carbons (Fsp3) is 0.294. The normalized spacial score (nSPS) is 16.4. The second kappa shape index (κ2) is 5.56. The molecule has 110 valence electrons. The lowest BCUT2D eigenvalue weighted by Crippen LogP contribution is -2.24. The van der Waals surface area contributed by atoms with Crippen molar-refractivity contribution < 1.29 is 14.2 Å². The van der Waals surface area contributed by atoms with Gasteiger partial charge in [0.05, 0.1) is 26.5 Å². The molecule has 1 heterocycles. The number of hydrogen-bond donors (Lipinski definition) is 1. The monoisotopic (exact) mass is 285 g/mol. The van der Waals surface area contributed by atoms with Crippen LogP contribution in [0.2, 0.25) is 0 Å². The Kier molecular flexibility index (Phi) is 3.60. The number of rotatable bonds is 3. The topological polar surface area (TPSA) is 39.7 Å². The molecule has 0 amide bonds. The summed E-state index contributed by atoms with van der Waals surface area (Å²) in [5, 5.41) is 3.42. The van der Waals surface area contributed by atoms with Crippen molar-refractivity contribution in [2.24, 2.45) is 0 Å². The van der Waals surface area contributed by atoms with E-state index in [0.29, 0.717) is 6.54 Å². The Morgan fingerprint density at radius 3 is 2.71 bits per heavy atom. The minimum atomic E-state index is -0.0823. The zero-order chi connectivity index (χ0) is 14.8. The van der Waals surface area contributed by atoms with E-state index in [1.165, 1.54) is 5.56 Å². The van der Waals surface area contributed by atoms with Gasteiger partial charge in [0.2, 0.25) is 0 Å². The highest BCUT2D eigenvalue weighted by atomic mass is 16.5. The van der Waals surface area contributed by atoms with Crippen LogP contribution in [0.1, 0.15) is 17.2 Å². The third-order valence-electron chi connectivity index (χ3n) is 3.67. The van der Waals surface area contributed by atoms with Crippen molar-refractivity contribution in [3.8, 4) is 17.2 Å². The van der Waals surface area contributed by atoms with Crippen LogP contribution < -0.4 is 19.5 Å². The van der Waals surface area contributed by atoms with E-state index in [1.54, 1.807) is 14.2 Å². The molecule has 0 aromatic heterocycles. The molecule has 1 aliphatic heterocycles. The summed E-state index contributed by atoms with van der Waals surface area (Å²) in [4.78, 5) is 0. The fourth-order valence-electron chi connectivity index (χ4n) is 2.54. The zero-order valence-corrected chi connectivity index (χ0v) is 12.5. The molecule has 21 heavy (non-hydrogen) atoms. The molecule has 1 atom stereocenters. The number of anilines is 1. The molecule has 4 nitrogen and oxygen atoms in total. The predicted molar refractivity (Wildman–Crippen MR) is 82.6 cm³/mol. The van der Waals surface area contributed by atoms with Gasteiger partial charge in [-0.05, 0) is 36.8 Å². The van der Waals surface area contributed by atoms with Crippen molar-refractivity contribution in [2.75, 3.05) is 26.1 Å². The summed E-state index contributed by atoms with van der Waals surface area (Å²) in [7, 11) is 3.30. The number of fused-ring (bicyclic) bond motifs is 1. The molecule has 1 unspecified atom stereocenters. The van der Waals surface area contributed by atoms with E-state index in [1.807, 2.05) is 30.3 Å². The minimum Gasteiger partial charge on any atom is -0.497 e. The molecule has 3 rings (SSSR count). The van der Waals surface area contributed by atoms with E-state index in [0.717, 1.165) is 28.5 Å². The molecule has 0 saturated heterocycles. The van der Waals surface area contributed by atoms with Crippen LogP contribution in [0.3, 0.4) is 0 Å². The smallest absolute Gasteiger partial charge is 0.145 e. The average Bonchev–Trinajstić information content (AvgIpc) is 2.53. The molecule has 0 bridgehead atoms. The first-order valence-electron chi connectivity index (χ1n) is 6.94. The van der Waals surface area contributed by atoms with Crippen LogP contribution in [-0.2, 0) is 0 Å². The third-order valence-corrected chi connectivity index (χ3v) is 3.67. The Balaban J connectivity index is 1.90. The third kappa shape index (κ3) is 2.61. The van der Waals surface area contributed by atoms with Crippen molar-refractivity contribution in [2.45, 2.75) is 13.0 Å². The fourth-order valence-corrected chi connectivity index (χ4v) is 2.54. The second-order valence-corrected chi connectivity index (χ2v) is 5.09. The molecule has 0 aliphatic carbocycles. The number of hydrogen-bond acceptors (Lipinski definition) is 4. The first-order valence-corrected chi connectivity index (χ1v) is 6.94. The van der Waals surface area contributed by atoms with Gasteiger partial charge in [-0.3, -0.25) is 0 Å². The molecular formula is C17H19NO3. The van der Waals surface area contributed by atoms with Crippen molar-refractivity contribution in [1.82, 2.24) is 0 Å². The maximum absolute atomic E-state index is 6.11. The first-order chi connectivity index (χ1) is 10.2. The van der Waals surface area contributed by atoms with Crippen molar-refractivity contribution in [1.29, 1.82) is 0 Å². The number of benzene rings is 2. The van der Waals surface area contributed by atoms with Crippen molar-refractivity contribution in [3.05, 3.63) is 47.5 Å². The summed E-state index contributed by atoms with van der Waals surface area (Å²) in [5.41, 5.74) is 3.26. The Morgan fingerprint density at radius 1 is 1.10 bits per heavy atom. The van der Waals surface area contributed by atoms with Gasteiger partial charge in [-0.2, -0.15) is 0 Å². The van der Waals surface area contributed by atoms with Crippen LogP contribution in [-0.4, -0.2) is 20.8 Å². The minimum absolute atomic E-state index is 0.0823. The second-order valence-electron chi connectivity index (χ2n) is 5.09. The lowest BCUT2D eigenvalue weighted by molar-refractivity contribution is 0.205. The standard InChI is InChI=1S/C17H19NO3/c1-11-4-7-15-14(8-11)18-10-17(21-15)13-6-5-12(19-2)9-16(13)20-3/h4-9,17-18H,10H2,1-3H3. The van der Waals surface area contributed by atoms with E-state index >= 15 is 0 Å². The van der Waals surface area contributed by atoms with E-state index in [-0.39, 0.29) is 6.10 Å². The first kappa shape index (κ1) is 13.6. The van der Waals surface area contributed by atoms with Crippen molar-refractivity contribution >= 4 is 5.69 Å². The summed E-state index contributed by atoms with van der Waals surface area (Å²) < 4.78 is 16.8. The van der Waals surface area contributed by atoms with E-state index < -0.39 is 0 Å². The number of nitrogens with one attached hydrogen (secondary N) is 1. The SMILES string of the molecule is COc1ccc(C2CNc3cc(C)ccc3O2)c(OC)c1. The summed E-state index contributed by atoms with van der Waals surface area (Å²) in [5.74, 6) is 2.42. The average molecular weight is 285 g/mol. The van der Waals surface area contributed by atoms with Crippen LogP contribution in [0.15, 0.2) is 36.4 Å². The molecule has 2 aromatic carbocycles. The van der Waals surface area contributed by atoms with Crippen molar-refractivity contribution in [3.63, 3.8) is 0 Å². The Labute approximate surface area is 124 Å². The maximum atomic E-state index is 6.11. The highest BCUT2D eigenvalue weighted by Gasteiger charge is 2.24. The predicted octanol–water partition coefficient (Wildman–Crippen LogP) is 3.56. The van der Waals surface area contributed by atoms with E-state index in [9.17, 15) is 0 Å². The molecule has 2 aromatic rings. The molecule has 0 fully saturated rings. The molecular weight excluding hydrogens is 266 g/mol. The van der Waals surface area contributed by atoms with E-state index in [2.05, 4.69) is 18.3 Å². The summed E-state index contributed by atoms with van der Waals surface area (Å²) in [6.45, 7) is 2.78. The van der Waals surface area contributed by atoms with E-state index in [4.69, 9.17) is 14.2 Å². The number of aryl methyl sites for hydroxylation is 1. The molecule has 4 heteroatoms. The van der Waals surface area contributed by atoms with Gasteiger partial charge in [-0.15, -0.1) is 0 Å². The molecule has 1 aliphatic rings. The van der Waals surface area contributed by atoms with Gasteiger partial charge in [0, 0.05) is 11.6 Å².